The molecule has 0 saturated heterocycles. The van der Waals surface area contributed by atoms with E-state index in [9.17, 15) is 4.79 Å². The number of hydrogen-bond acceptors (Lipinski definition) is 5. The summed E-state index contributed by atoms with van der Waals surface area (Å²) in [5.74, 6) is -0.0442. The molecule has 0 unspecified atom stereocenters. The number of fused-ring (bicyclic) bond motifs is 1. The highest BCUT2D eigenvalue weighted by Gasteiger charge is 2.24. The zero-order chi connectivity index (χ0) is 19.4. The van der Waals surface area contributed by atoms with Crippen molar-refractivity contribution in [2.75, 3.05) is 31.1 Å². The Balaban J connectivity index is 1.96. The largest absolute Gasteiger partial charge is 0.302 e. The Hall–Kier alpha value is -2.25. The van der Waals surface area contributed by atoms with Gasteiger partial charge in [0.1, 0.15) is 5.69 Å². The van der Waals surface area contributed by atoms with E-state index in [0.717, 1.165) is 35.0 Å². The lowest BCUT2D eigenvalue weighted by atomic mass is 10.2. The molecule has 6 nitrogen and oxygen atoms in total. The quantitative estimate of drug-likeness (QED) is 0.592. The third kappa shape index (κ3) is 4.20. The number of benzene rings is 1. The van der Waals surface area contributed by atoms with Crippen LogP contribution in [0, 0.1) is 6.92 Å². The lowest BCUT2D eigenvalue weighted by Crippen LogP contribution is -2.39. The molecule has 0 bridgehead atoms. The van der Waals surface area contributed by atoms with Gasteiger partial charge in [0.25, 0.3) is 5.91 Å². The van der Waals surface area contributed by atoms with Gasteiger partial charge in [-0.2, -0.15) is 5.10 Å². The molecule has 0 aliphatic rings. The molecular weight excluding hydrogens is 358 g/mol. The SMILES string of the molecule is CCN(CC)CCN(C(=O)c1ccnn1CC)c1nc2ccc(C)cc2s1. The molecule has 0 atom stereocenters. The molecule has 7 heteroatoms. The van der Waals surface area contributed by atoms with E-state index in [4.69, 9.17) is 4.98 Å². The number of aryl methyl sites for hydroxylation is 2. The van der Waals surface area contributed by atoms with Crippen molar-refractivity contribution in [3.8, 4) is 0 Å². The van der Waals surface area contributed by atoms with E-state index in [1.165, 1.54) is 5.56 Å². The van der Waals surface area contributed by atoms with Crippen molar-refractivity contribution in [1.29, 1.82) is 0 Å². The fourth-order valence-electron chi connectivity index (χ4n) is 3.11. The van der Waals surface area contributed by atoms with Gasteiger partial charge in [0.2, 0.25) is 0 Å². The number of carbonyl (C=O) groups is 1. The minimum absolute atomic E-state index is 0.0442. The predicted octanol–water partition coefficient (Wildman–Crippen LogP) is 3.81. The Bertz CT molecular complexity index is 912. The summed E-state index contributed by atoms with van der Waals surface area (Å²) >= 11 is 1.57. The van der Waals surface area contributed by atoms with Gasteiger partial charge in [-0.1, -0.05) is 31.3 Å². The minimum Gasteiger partial charge on any atom is -0.302 e. The first-order valence-corrected chi connectivity index (χ1v) is 10.3. The molecule has 2 heterocycles. The standard InChI is InChI=1S/C20H27N5OS/c1-5-23(6-2)12-13-24(19(26)17-10-11-21-25(17)7-3)20-22-16-9-8-15(4)14-18(16)27-20/h8-11,14H,5-7,12-13H2,1-4H3. The third-order valence-electron chi connectivity index (χ3n) is 4.78. The summed E-state index contributed by atoms with van der Waals surface area (Å²) in [4.78, 5) is 22.2. The zero-order valence-corrected chi connectivity index (χ0v) is 17.3. The van der Waals surface area contributed by atoms with Crippen LogP contribution in [-0.4, -0.2) is 51.8 Å². The van der Waals surface area contributed by atoms with E-state index in [1.807, 2.05) is 17.9 Å². The number of carbonyl (C=O) groups excluding carboxylic acids is 1. The Kier molecular flexibility index (Phi) is 6.23. The lowest BCUT2D eigenvalue weighted by molar-refractivity contribution is 0.0973. The maximum atomic E-state index is 13.3. The first-order valence-electron chi connectivity index (χ1n) is 9.50. The number of aromatic nitrogens is 3. The van der Waals surface area contributed by atoms with Crippen LogP contribution in [0.1, 0.15) is 36.8 Å². The summed E-state index contributed by atoms with van der Waals surface area (Å²) in [5.41, 5.74) is 2.74. The van der Waals surface area contributed by atoms with E-state index < -0.39 is 0 Å². The van der Waals surface area contributed by atoms with E-state index in [0.29, 0.717) is 18.8 Å². The maximum Gasteiger partial charge on any atom is 0.278 e. The highest BCUT2D eigenvalue weighted by Crippen LogP contribution is 2.30. The maximum absolute atomic E-state index is 13.3. The Morgan fingerprint density at radius 2 is 1.93 bits per heavy atom. The minimum atomic E-state index is -0.0442. The van der Waals surface area contributed by atoms with Gasteiger partial charge in [-0.15, -0.1) is 0 Å². The van der Waals surface area contributed by atoms with Crippen LogP contribution in [0.5, 0.6) is 0 Å². The average molecular weight is 386 g/mol. The molecule has 0 radical (unpaired) electrons. The van der Waals surface area contributed by atoms with Crippen LogP contribution >= 0.6 is 11.3 Å². The van der Waals surface area contributed by atoms with Gasteiger partial charge in [0, 0.05) is 25.8 Å². The van der Waals surface area contributed by atoms with Crippen molar-refractivity contribution < 1.29 is 4.79 Å². The fraction of sp³-hybridized carbons (Fsp3) is 0.450. The summed E-state index contributed by atoms with van der Waals surface area (Å²) in [6, 6.07) is 7.99. The highest BCUT2D eigenvalue weighted by atomic mass is 32.1. The van der Waals surface area contributed by atoms with Gasteiger partial charge < -0.3 is 4.90 Å². The van der Waals surface area contributed by atoms with Gasteiger partial charge in [0.05, 0.1) is 10.2 Å². The number of nitrogens with zero attached hydrogens (tertiary/aromatic N) is 5. The number of thiazole rings is 1. The fourth-order valence-corrected chi connectivity index (χ4v) is 4.19. The summed E-state index contributed by atoms with van der Waals surface area (Å²) in [6.45, 7) is 12.4. The Morgan fingerprint density at radius 3 is 2.63 bits per heavy atom. The number of amides is 1. The van der Waals surface area contributed by atoms with Gasteiger partial charge in [-0.25, -0.2) is 4.98 Å². The second-order valence-electron chi connectivity index (χ2n) is 6.48. The van der Waals surface area contributed by atoms with Crippen LogP contribution < -0.4 is 4.90 Å². The molecule has 0 saturated carbocycles. The van der Waals surface area contributed by atoms with E-state index in [1.54, 1.807) is 28.3 Å². The second kappa shape index (κ2) is 8.63. The smallest absolute Gasteiger partial charge is 0.278 e. The molecule has 2 aromatic heterocycles. The van der Waals surface area contributed by atoms with Crippen molar-refractivity contribution >= 4 is 32.6 Å². The number of hydrogen-bond donors (Lipinski definition) is 0. The zero-order valence-electron chi connectivity index (χ0n) is 16.5. The molecule has 0 spiro atoms. The first kappa shape index (κ1) is 19.5. The third-order valence-corrected chi connectivity index (χ3v) is 5.82. The van der Waals surface area contributed by atoms with Crippen molar-refractivity contribution in [1.82, 2.24) is 19.7 Å². The summed E-state index contributed by atoms with van der Waals surface area (Å²) in [6.07, 6.45) is 1.68. The number of anilines is 1. The van der Waals surface area contributed by atoms with E-state index in [2.05, 4.69) is 42.9 Å². The monoisotopic (exact) mass is 385 g/mol. The molecule has 27 heavy (non-hydrogen) atoms. The van der Waals surface area contributed by atoms with E-state index >= 15 is 0 Å². The molecule has 1 aromatic carbocycles. The van der Waals surface area contributed by atoms with Crippen LogP contribution in [0.3, 0.4) is 0 Å². The van der Waals surface area contributed by atoms with Gasteiger partial charge >= 0.3 is 0 Å². The van der Waals surface area contributed by atoms with Crippen LogP contribution in [0.15, 0.2) is 30.5 Å². The molecule has 3 aromatic rings. The van der Waals surface area contributed by atoms with Crippen LogP contribution in [0.2, 0.25) is 0 Å². The van der Waals surface area contributed by atoms with Crippen LogP contribution in [0.25, 0.3) is 10.2 Å². The van der Waals surface area contributed by atoms with Crippen LogP contribution in [-0.2, 0) is 6.54 Å². The molecular formula is C20H27N5OS. The molecule has 3 rings (SSSR count). The normalized spacial score (nSPS) is 11.4. The molecule has 0 aliphatic heterocycles. The van der Waals surface area contributed by atoms with Crippen molar-refractivity contribution in [2.24, 2.45) is 0 Å². The van der Waals surface area contributed by atoms with Gasteiger partial charge in [-0.3, -0.25) is 14.4 Å². The summed E-state index contributed by atoms with van der Waals surface area (Å²) in [5, 5.41) is 5.00. The topological polar surface area (TPSA) is 54.3 Å². The predicted molar refractivity (Wildman–Crippen MR) is 112 cm³/mol. The van der Waals surface area contributed by atoms with Crippen LogP contribution in [0.4, 0.5) is 5.13 Å². The lowest BCUT2D eigenvalue weighted by Gasteiger charge is -2.24. The number of rotatable bonds is 8. The van der Waals surface area contributed by atoms with Crippen molar-refractivity contribution in [3.63, 3.8) is 0 Å². The van der Waals surface area contributed by atoms with Crippen molar-refractivity contribution in [2.45, 2.75) is 34.2 Å². The number of likely N-dealkylation sites (N-methyl/N-ethyl adjacent to an activating group) is 1. The first-order chi connectivity index (χ1) is 13.1. The molecule has 144 valence electrons. The average Bonchev–Trinajstić information content (AvgIpc) is 3.31. The molecule has 0 N–H and O–H groups in total. The Labute approximate surface area is 164 Å². The van der Waals surface area contributed by atoms with Gasteiger partial charge in [0.15, 0.2) is 5.13 Å². The van der Waals surface area contributed by atoms with Crippen molar-refractivity contribution in [3.05, 3.63) is 41.7 Å². The Morgan fingerprint density at radius 1 is 1.15 bits per heavy atom. The highest BCUT2D eigenvalue weighted by molar-refractivity contribution is 7.22. The molecule has 0 fully saturated rings. The molecule has 0 aliphatic carbocycles. The van der Waals surface area contributed by atoms with Gasteiger partial charge in [-0.05, 0) is 50.7 Å². The summed E-state index contributed by atoms with van der Waals surface area (Å²) in [7, 11) is 0. The second-order valence-corrected chi connectivity index (χ2v) is 7.49. The summed E-state index contributed by atoms with van der Waals surface area (Å²) < 4.78 is 2.85. The van der Waals surface area contributed by atoms with E-state index in [-0.39, 0.29) is 5.91 Å². The molecule has 1 amide bonds.